The molecule has 0 radical (unpaired) electrons. The Balaban J connectivity index is 1.51. The highest BCUT2D eigenvalue weighted by Gasteiger charge is 2.47. The first-order chi connectivity index (χ1) is 15.1. The number of nitrogens with two attached hydrogens (primary N) is 2. The van der Waals surface area contributed by atoms with E-state index >= 15 is 0 Å². The number of nitrogen functional groups attached to an aromatic ring is 2. The Kier molecular flexibility index (Phi) is 4.72. The molecule has 164 valence electrons. The molecule has 0 aliphatic carbocycles. The maximum atomic E-state index is 6.84. The van der Waals surface area contributed by atoms with Crippen molar-refractivity contribution < 1.29 is 18.9 Å². The molecule has 4 aliphatic rings. The monoisotopic (exact) mass is 422 g/mol. The summed E-state index contributed by atoms with van der Waals surface area (Å²) in [5, 5.41) is 0. The molecule has 0 saturated carbocycles. The van der Waals surface area contributed by atoms with Gasteiger partial charge in [-0.05, 0) is 47.2 Å². The highest BCUT2D eigenvalue weighted by atomic mass is 16.6. The lowest BCUT2D eigenvalue weighted by Gasteiger charge is -2.37. The molecule has 0 bridgehead atoms. The number of hydrogen-bond donors (Lipinski definition) is 2. The molecule has 6 heteroatoms. The Morgan fingerprint density at radius 2 is 1.39 bits per heavy atom. The van der Waals surface area contributed by atoms with Gasteiger partial charge in [-0.25, -0.2) is 0 Å². The van der Waals surface area contributed by atoms with Crippen LogP contribution in [0.5, 0.6) is 0 Å². The van der Waals surface area contributed by atoms with Gasteiger partial charge in [0, 0.05) is 29.6 Å². The summed E-state index contributed by atoms with van der Waals surface area (Å²) in [6, 6.07) is 12.8. The van der Waals surface area contributed by atoms with Crippen LogP contribution < -0.4 is 11.5 Å². The molecule has 6 rings (SSSR count). The Hall–Kier alpha value is -2.12. The van der Waals surface area contributed by atoms with Crippen molar-refractivity contribution in [3.63, 3.8) is 0 Å². The first-order valence-corrected chi connectivity index (χ1v) is 11.3. The van der Waals surface area contributed by atoms with Gasteiger partial charge in [0.05, 0.1) is 50.8 Å². The molecule has 31 heavy (non-hydrogen) atoms. The topological polar surface area (TPSA) is 102 Å². The van der Waals surface area contributed by atoms with Gasteiger partial charge in [-0.1, -0.05) is 24.3 Å². The second-order valence-electron chi connectivity index (χ2n) is 9.51. The first kappa shape index (κ1) is 19.6. The highest BCUT2D eigenvalue weighted by molar-refractivity contribution is 5.62. The summed E-state index contributed by atoms with van der Waals surface area (Å²) in [4.78, 5) is 0. The standard InChI is InChI=1S/C25H30N2O4/c26-17-3-1-2-16(7-17)25(9-20-13-30-20,10-21-14-31-21)23-5-4-15(6-18-11-28-18)24(27)22(23)8-19-12-29-19/h1-5,7,18-21H,6,8-14,26-27H2. The number of anilines is 2. The van der Waals surface area contributed by atoms with E-state index in [1.165, 1.54) is 22.3 Å². The predicted octanol–water partition coefficient (Wildman–Crippen LogP) is 2.60. The van der Waals surface area contributed by atoms with Gasteiger partial charge in [-0.15, -0.1) is 0 Å². The molecule has 0 aromatic heterocycles. The number of hydrogen-bond acceptors (Lipinski definition) is 6. The largest absolute Gasteiger partial charge is 0.399 e. The van der Waals surface area contributed by atoms with Crippen LogP contribution in [0.2, 0.25) is 0 Å². The molecular weight excluding hydrogens is 392 g/mol. The van der Waals surface area contributed by atoms with E-state index in [1.807, 2.05) is 12.1 Å². The Bertz CT molecular complexity index is 963. The third-order valence-corrected chi connectivity index (χ3v) is 7.04. The summed E-state index contributed by atoms with van der Waals surface area (Å²) in [6.07, 6.45) is 4.57. The van der Waals surface area contributed by atoms with E-state index in [0.717, 1.165) is 63.5 Å². The second kappa shape index (κ2) is 7.48. The van der Waals surface area contributed by atoms with Crippen LogP contribution in [0.15, 0.2) is 36.4 Å². The first-order valence-electron chi connectivity index (χ1n) is 11.3. The van der Waals surface area contributed by atoms with Crippen LogP contribution in [-0.2, 0) is 37.2 Å². The SMILES string of the molecule is Nc1cccc(C(CC2CO2)(CC2CO2)c2ccc(CC3CO3)c(N)c2CC2CO2)c1. The van der Waals surface area contributed by atoms with E-state index in [2.05, 4.69) is 24.3 Å². The molecule has 6 nitrogen and oxygen atoms in total. The maximum absolute atomic E-state index is 6.84. The van der Waals surface area contributed by atoms with Crippen LogP contribution in [0.1, 0.15) is 35.1 Å². The molecule has 2 aromatic carbocycles. The van der Waals surface area contributed by atoms with E-state index in [0.29, 0.717) is 6.10 Å². The molecule has 4 heterocycles. The summed E-state index contributed by atoms with van der Waals surface area (Å²) in [5.41, 5.74) is 19.4. The summed E-state index contributed by atoms with van der Waals surface area (Å²) in [5.74, 6) is 0. The third kappa shape index (κ3) is 4.17. The van der Waals surface area contributed by atoms with Gasteiger partial charge in [0.25, 0.3) is 0 Å². The van der Waals surface area contributed by atoms with Crippen LogP contribution in [0.25, 0.3) is 0 Å². The lowest BCUT2D eigenvalue weighted by Crippen LogP contribution is -2.34. The van der Waals surface area contributed by atoms with Gasteiger partial charge in [0.15, 0.2) is 0 Å². The predicted molar refractivity (Wildman–Crippen MR) is 118 cm³/mol. The average molecular weight is 423 g/mol. The molecule has 4 unspecified atom stereocenters. The van der Waals surface area contributed by atoms with Gasteiger partial charge >= 0.3 is 0 Å². The van der Waals surface area contributed by atoms with Crippen molar-refractivity contribution in [2.24, 2.45) is 0 Å². The lowest BCUT2D eigenvalue weighted by molar-refractivity contribution is 0.298. The van der Waals surface area contributed by atoms with Crippen LogP contribution in [0.4, 0.5) is 11.4 Å². The molecule has 4 aliphatic heterocycles. The van der Waals surface area contributed by atoms with Crippen molar-refractivity contribution in [1.82, 2.24) is 0 Å². The van der Waals surface area contributed by atoms with Gasteiger partial charge in [-0.3, -0.25) is 0 Å². The molecule has 4 fully saturated rings. The third-order valence-electron chi connectivity index (χ3n) is 7.04. The molecule has 4 atom stereocenters. The zero-order valence-electron chi connectivity index (χ0n) is 17.7. The zero-order chi connectivity index (χ0) is 21.0. The molecule has 4 saturated heterocycles. The Labute approximate surface area is 182 Å². The van der Waals surface area contributed by atoms with E-state index in [4.69, 9.17) is 30.4 Å². The van der Waals surface area contributed by atoms with Gasteiger partial charge in [0.2, 0.25) is 0 Å². The normalized spacial score (nSPS) is 29.9. The van der Waals surface area contributed by atoms with Gasteiger partial charge in [0.1, 0.15) is 0 Å². The number of benzene rings is 2. The Morgan fingerprint density at radius 1 is 0.774 bits per heavy atom. The summed E-state index contributed by atoms with van der Waals surface area (Å²) >= 11 is 0. The minimum Gasteiger partial charge on any atom is -0.399 e. The fraction of sp³-hybridized carbons (Fsp3) is 0.520. The van der Waals surface area contributed by atoms with Crippen LogP contribution in [0, 0.1) is 0 Å². The zero-order valence-corrected chi connectivity index (χ0v) is 17.7. The number of rotatable bonds is 10. The van der Waals surface area contributed by atoms with E-state index in [1.54, 1.807) is 0 Å². The smallest absolute Gasteiger partial charge is 0.0851 e. The van der Waals surface area contributed by atoms with Crippen LogP contribution in [-0.4, -0.2) is 50.8 Å². The van der Waals surface area contributed by atoms with Gasteiger partial charge < -0.3 is 30.4 Å². The maximum Gasteiger partial charge on any atom is 0.0851 e. The Morgan fingerprint density at radius 3 is 1.97 bits per heavy atom. The van der Waals surface area contributed by atoms with Crippen molar-refractivity contribution in [2.45, 2.75) is 55.5 Å². The van der Waals surface area contributed by atoms with Crippen molar-refractivity contribution in [3.8, 4) is 0 Å². The minimum absolute atomic E-state index is 0.251. The summed E-state index contributed by atoms with van der Waals surface area (Å²) in [6.45, 7) is 3.25. The molecule has 0 spiro atoms. The van der Waals surface area contributed by atoms with Crippen molar-refractivity contribution in [1.29, 1.82) is 0 Å². The fourth-order valence-corrected chi connectivity index (χ4v) is 5.08. The number of ether oxygens (including phenoxy) is 4. The molecule has 4 N–H and O–H groups in total. The van der Waals surface area contributed by atoms with Gasteiger partial charge in [-0.2, -0.15) is 0 Å². The van der Waals surface area contributed by atoms with Crippen molar-refractivity contribution in [2.75, 3.05) is 37.9 Å². The van der Waals surface area contributed by atoms with Crippen LogP contribution >= 0.6 is 0 Å². The van der Waals surface area contributed by atoms with Crippen molar-refractivity contribution in [3.05, 3.63) is 58.7 Å². The average Bonchev–Trinajstić information content (AvgIpc) is 3.60. The molecule has 0 amide bonds. The fourth-order valence-electron chi connectivity index (χ4n) is 5.08. The summed E-state index contributed by atoms with van der Waals surface area (Å²) < 4.78 is 22.6. The highest BCUT2D eigenvalue weighted by Crippen LogP contribution is 2.49. The number of epoxide rings is 4. The summed E-state index contributed by atoms with van der Waals surface area (Å²) in [7, 11) is 0. The second-order valence-corrected chi connectivity index (χ2v) is 9.51. The van der Waals surface area contributed by atoms with E-state index in [-0.39, 0.29) is 23.7 Å². The quantitative estimate of drug-likeness (QED) is 0.451. The molecular formula is C25H30N2O4. The lowest BCUT2D eigenvalue weighted by atomic mass is 9.66. The van der Waals surface area contributed by atoms with E-state index < -0.39 is 0 Å². The molecule has 2 aromatic rings. The van der Waals surface area contributed by atoms with E-state index in [9.17, 15) is 0 Å². The van der Waals surface area contributed by atoms with Crippen molar-refractivity contribution >= 4 is 11.4 Å². The minimum atomic E-state index is -0.259. The van der Waals surface area contributed by atoms with Crippen LogP contribution in [0.3, 0.4) is 0 Å².